The lowest BCUT2D eigenvalue weighted by molar-refractivity contribution is 0.391. The fourth-order valence-corrected chi connectivity index (χ4v) is 2.62. The van der Waals surface area contributed by atoms with Crippen molar-refractivity contribution in [1.29, 1.82) is 0 Å². The maximum atomic E-state index is 13.0. The van der Waals surface area contributed by atoms with Crippen LogP contribution in [0.3, 0.4) is 0 Å². The lowest BCUT2D eigenvalue weighted by atomic mass is 9.95. The highest BCUT2D eigenvalue weighted by Gasteiger charge is 2.24. The molecule has 0 amide bonds. The molecule has 0 radical (unpaired) electrons. The molecule has 1 rings (SSSR count). The third-order valence-electron chi connectivity index (χ3n) is 3.22. The van der Waals surface area contributed by atoms with Crippen molar-refractivity contribution in [3.05, 3.63) is 29.8 Å². The highest BCUT2D eigenvalue weighted by molar-refractivity contribution is 7.89. The Morgan fingerprint density at radius 1 is 1.20 bits per heavy atom. The number of hydrogen-bond acceptors (Lipinski definition) is 3. The molecule has 0 saturated carbocycles. The van der Waals surface area contributed by atoms with Crippen molar-refractivity contribution in [2.75, 3.05) is 6.54 Å². The van der Waals surface area contributed by atoms with Gasteiger partial charge in [0.15, 0.2) is 11.6 Å². The van der Waals surface area contributed by atoms with Gasteiger partial charge in [0, 0.05) is 12.1 Å². The predicted molar refractivity (Wildman–Crippen MR) is 76.3 cm³/mol. The van der Waals surface area contributed by atoms with Gasteiger partial charge in [0.05, 0.1) is 4.90 Å². The molecule has 3 N–H and O–H groups in total. The summed E-state index contributed by atoms with van der Waals surface area (Å²) in [6.45, 7) is 3.76. The standard InChI is InChI=1S/C12H18F2N2O2S.ClH/c1-3-12(15,4-2)8-16-19(17,18)9-5-6-10(13)11(14)7-9;/h5-7,16H,3-4,8,15H2,1-2H3;1H. The molecule has 0 aromatic heterocycles. The van der Waals surface area contributed by atoms with Crippen LogP contribution < -0.4 is 10.5 Å². The smallest absolute Gasteiger partial charge is 0.240 e. The van der Waals surface area contributed by atoms with Gasteiger partial charge in [-0.2, -0.15) is 0 Å². The maximum absolute atomic E-state index is 13.0. The first-order valence-corrected chi connectivity index (χ1v) is 7.46. The molecule has 20 heavy (non-hydrogen) atoms. The van der Waals surface area contributed by atoms with Crippen LogP contribution in [0.25, 0.3) is 0 Å². The van der Waals surface area contributed by atoms with Gasteiger partial charge in [0.2, 0.25) is 10.0 Å². The maximum Gasteiger partial charge on any atom is 0.240 e. The average molecular weight is 329 g/mol. The number of sulfonamides is 1. The molecule has 116 valence electrons. The molecule has 1 aromatic carbocycles. The molecule has 0 unspecified atom stereocenters. The minimum Gasteiger partial charge on any atom is -0.324 e. The molecule has 0 spiro atoms. The summed E-state index contributed by atoms with van der Waals surface area (Å²) >= 11 is 0. The Bertz CT molecular complexity index is 548. The monoisotopic (exact) mass is 328 g/mol. The van der Waals surface area contributed by atoms with Crippen molar-refractivity contribution >= 4 is 22.4 Å². The average Bonchev–Trinajstić information content (AvgIpc) is 2.39. The van der Waals surface area contributed by atoms with E-state index in [2.05, 4.69) is 4.72 Å². The van der Waals surface area contributed by atoms with Gasteiger partial charge in [0.1, 0.15) is 0 Å². The summed E-state index contributed by atoms with van der Waals surface area (Å²) in [5.41, 5.74) is 5.33. The van der Waals surface area contributed by atoms with E-state index in [1.165, 1.54) is 0 Å². The van der Waals surface area contributed by atoms with Crippen molar-refractivity contribution in [3.63, 3.8) is 0 Å². The Labute approximate surface area is 124 Å². The zero-order valence-electron chi connectivity index (χ0n) is 11.3. The Morgan fingerprint density at radius 3 is 2.20 bits per heavy atom. The second-order valence-corrected chi connectivity index (χ2v) is 6.24. The van der Waals surface area contributed by atoms with E-state index in [0.29, 0.717) is 18.9 Å². The minimum absolute atomic E-state index is 0. The molecule has 0 bridgehead atoms. The second kappa shape index (κ2) is 7.31. The van der Waals surface area contributed by atoms with E-state index in [9.17, 15) is 17.2 Å². The predicted octanol–water partition coefficient (Wildman–Crippen LogP) is 2.18. The topological polar surface area (TPSA) is 72.2 Å². The number of rotatable bonds is 6. The van der Waals surface area contributed by atoms with E-state index in [4.69, 9.17) is 5.73 Å². The number of nitrogens with one attached hydrogen (secondary N) is 1. The highest BCUT2D eigenvalue weighted by Crippen LogP contribution is 2.15. The quantitative estimate of drug-likeness (QED) is 0.840. The van der Waals surface area contributed by atoms with Crippen LogP contribution in [0.1, 0.15) is 26.7 Å². The van der Waals surface area contributed by atoms with Gasteiger partial charge in [-0.3, -0.25) is 0 Å². The molecule has 8 heteroatoms. The van der Waals surface area contributed by atoms with E-state index in [1.807, 2.05) is 13.8 Å². The van der Waals surface area contributed by atoms with Crippen LogP contribution >= 0.6 is 12.4 Å². The Hall–Kier alpha value is -0.760. The number of hydrogen-bond donors (Lipinski definition) is 2. The third kappa shape index (κ3) is 4.66. The third-order valence-corrected chi connectivity index (χ3v) is 4.62. The summed E-state index contributed by atoms with van der Waals surface area (Å²) in [7, 11) is -3.89. The first-order chi connectivity index (χ1) is 8.74. The van der Waals surface area contributed by atoms with Crippen LogP contribution in [-0.4, -0.2) is 20.5 Å². The summed E-state index contributed by atoms with van der Waals surface area (Å²) in [5, 5.41) is 0. The van der Waals surface area contributed by atoms with Crippen LogP contribution in [0.15, 0.2) is 23.1 Å². The largest absolute Gasteiger partial charge is 0.324 e. The Kier molecular flexibility index (Phi) is 7.03. The number of nitrogens with two attached hydrogens (primary N) is 1. The van der Waals surface area contributed by atoms with Crippen molar-refractivity contribution in [2.24, 2.45) is 5.73 Å². The van der Waals surface area contributed by atoms with Gasteiger partial charge >= 0.3 is 0 Å². The summed E-state index contributed by atoms with van der Waals surface area (Å²) < 4.78 is 51.9. The lowest BCUT2D eigenvalue weighted by Crippen LogP contribution is -2.49. The van der Waals surface area contributed by atoms with Gasteiger partial charge in [-0.15, -0.1) is 12.4 Å². The van der Waals surface area contributed by atoms with E-state index < -0.39 is 27.2 Å². The Morgan fingerprint density at radius 2 is 1.75 bits per heavy atom. The molecule has 4 nitrogen and oxygen atoms in total. The fourth-order valence-electron chi connectivity index (χ4n) is 1.47. The second-order valence-electron chi connectivity index (χ2n) is 4.47. The zero-order chi connectivity index (χ0) is 14.7. The molecule has 1 aromatic rings. The fraction of sp³-hybridized carbons (Fsp3) is 0.500. The summed E-state index contributed by atoms with van der Waals surface area (Å²) in [4.78, 5) is -0.319. The molecule has 0 aliphatic heterocycles. The van der Waals surface area contributed by atoms with Gasteiger partial charge < -0.3 is 5.73 Å². The summed E-state index contributed by atoms with van der Waals surface area (Å²) in [6.07, 6.45) is 1.20. The minimum atomic E-state index is -3.89. The summed E-state index contributed by atoms with van der Waals surface area (Å²) in [5.74, 6) is -2.29. The lowest BCUT2D eigenvalue weighted by Gasteiger charge is -2.26. The molecule has 0 fully saturated rings. The molecule has 0 saturated heterocycles. The van der Waals surface area contributed by atoms with Crippen molar-refractivity contribution in [3.8, 4) is 0 Å². The van der Waals surface area contributed by atoms with E-state index in [-0.39, 0.29) is 23.8 Å². The van der Waals surface area contributed by atoms with E-state index in [1.54, 1.807) is 0 Å². The van der Waals surface area contributed by atoms with Crippen molar-refractivity contribution < 1.29 is 17.2 Å². The van der Waals surface area contributed by atoms with Crippen molar-refractivity contribution in [1.82, 2.24) is 4.72 Å². The van der Waals surface area contributed by atoms with Crippen LogP contribution in [-0.2, 0) is 10.0 Å². The van der Waals surface area contributed by atoms with Crippen LogP contribution in [0.2, 0.25) is 0 Å². The molecule has 0 aliphatic carbocycles. The molecular formula is C12H19ClF2N2O2S. The normalized spacial score (nSPS) is 12.1. The molecule has 0 atom stereocenters. The van der Waals surface area contributed by atoms with Gasteiger partial charge in [-0.05, 0) is 31.0 Å². The van der Waals surface area contributed by atoms with Crippen molar-refractivity contribution in [2.45, 2.75) is 37.1 Å². The van der Waals surface area contributed by atoms with Gasteiger partial charge in [0.25, 0.3) is 0 Å². The van der Waals surface area contributed by atoms with E-state index in [0.717, 1.165) is 12.1 Å². The Balaban J connectivity index is 0.00000361. The summed E-state index contributed by atoms with van der Waals surface area (Å²) in [6, 6.07) is 2.43. The van der Waals surface area contributed by atoms with Crippen LogP contribution in [0.5, 0.6) is 0 Å². The molecule has 0 heterocycles. The SMILES string of the molecule is CCC(N)(CC)CNS(=O)(=O)c1ccc(F)c(F)c1.Cl. The number of benzene rings is 1. The van der Waals surface area contributed by atoms with E-state index >= 15 is 0 Å². The van der Waals surface area contributed by atoms with Gasteiger partial charge in [-0.1, -0.05) is 13.8 Å². The van der Waals surface area contributed by atoms with Gasteiger partial charge in [-0.25, -0.2) is 21.9 Å². The van der Waals surface area contributed by atoms with Crippen LogP contribution in [0, 0.1) is 11.6 Å². The van der Waals surface area contributed by atoms with Crippen LogP contribution in [0.4, 0.5) is 8.78 Å². The first-order valence-electron chi connectivity index (χ1n) is 5.97. The highest BCUT2D eigenvalue weighted by atomic mass is 35.5. The molecular weight excluding hydrogens is 310 g/mol. The zero-order valence-corrected chi connectivity index (χ0v) is 13.0. The molecule has 0 aliphatic rings. The first kappa shape index (κ1) is 19.2. The number of halogens is 3.